The maximum Gasteiger partial charge on any atom is 0.355 e. The number of rotatable bonds is 5. The Morgan fingerprint density at radius 3 is 2.35 bits per heavy atom. The highest BCUT2D eigenvalue weighted by Crippen LogP contribution is 2.20. The fraction of sp³-hybridized carbons (Fsp3) is 0.462. The average molecular weight is 282 g/mol. The van der Waals surface area contributed by atoms with Crippen molar-refractivity contribution in [3.63, 3.8) is 0 Å². The number of esters is 2. The summed E-state index contributed by atoms with van der Waals surface area (Å²) in [6.45, 7) is 6.55. The lowest BCUT2D eigenvalue weighted by Gasteiger charge is -2.09. The number of nitrogens with one attached hydrogen (secondary N) is 1. The Hall–Kier alpha value is -2.31. The molecule has 7 nitrogen and oxygen atoms in total. The van der Waals surface area contributed by atoms with E-state index in [1.807, 2.05) is 0 Å². The van der Waals surface area contributed by atoms with Crippen LogP contribution in [0.15, 0.2) is 0 Å². The predicted molar refractivity (Wildman–Crippen MR) is 70.3 cm³/mol. The molecule has 0 bridgehead atoms. The number of amides is 1. The van der Waals surface area contributed by atoms with Crippen LogP contribution in [0.3, 0.4) is 0 Å². The van der Waals surface area contributed by atoms with Crippen LogP contribution < -0.4 is 5.73 Å². The van der Waals surface area contributed by atoms with E-state index in [0.717, 1.165) is 0 Å². The maximum absolute atomic E-state index is 11.9. The van der Waals surface area contributed by atoms with Gasteiger partial charge in [0, 0.05) is 5.69 Å². The summed E-state index contributed by atoms with van der Waals surface area (Å²) in [5.41, 5.74) is 6.35. The van der Waals surface area contributed by atoms with Crippen LogP contribution in [-0.4, -0.2) is 35.5 Å². The van der Waals surface area contributed by atoms with Gasteiger partial charge < -0.3 is 20.2 Å². The average Bonchev–Trinajstić information content (AvgIpc) is 2.64. The maximum atomic E-state index is 11.9. The first-order chi connectivity index (χ1) is 9.29. The van der Waals surface area contributed by atoms with E-state index in [4.69, 9.17) is 15.2 Å². The van der Waals surface area contributed by atoms with Crippen LogP contribution in [0.25, 0.3) is 0 Å². The molecule has 110 valence electrons. The first-order valence-corrected chi connectivity index (χ1v) is 6.16. The van der Waals surface area contributed by atoms with E-state index in [9.17, 15) is 14.4 Å². The summed E-state index contributed by atoms with van der Waals surface area (Å²) in [5.74, 6) is -2.00. The zero-order valence-corrected chi connectivity index (χ0v) is 11.9. The van der Waals surface area contributed by atoms with Gasteiger partial charge in [0.2, 0.25) is 0 Å². The van der Waals surface area contributed by atoms with Gasteiger partial charge >= 0.3 is 11.9 Å². The summed E-state index contributed by atoms with van der Waals surface area (Å²) < 4.78 is 9.81. The first-order valence-electron chi connectivity index (χ1n) is 6.16. The smallest absolute Gasteiger partial charge is 0.355 e. The van der Waals surface area contributed by atoms with Crippen molar-refractivity contribution in [3.8, 4) is 0 Å². The van der Waals surface area contributed by atoms with Crippen LogP contribution in [-0.2, 0) is 14.3 Å². The highest BCUT2D eigenvalue weighted by atomic mass is 16.5. The molecule has 0 aliphatic rings. The number of carbonyl (C=O) groups excluding carboxylic acids is 3. The normalized spacial score (nSPS) is 11.8. The Balaban J connectivity index is 3.04. The number of nitrogens with two attached hydrogens (primary N) is 1. The van der Waals surface area contributed by atoms with Gasteiger partial charge in [-0.1, -0.05) is 0 Å². The molecule has 1 aromatic heterocycles. The van der Waals surface area contributed by atoms with Gasteiger partial charge in [0.1, 0.15) is 5.69 Å². The van der Waals surface area contributed by atoms with E-state index < -0.39 is 23.9 Å². The Kier molecular flexibility index (Phi) is 4.90. The summed E-state index contributed by atoms with van der Waals surface area (Å²) in [4.78, 5) is 37.3. The zero-order valence-electron chi connectivity index (χ0n) is 11.9. The molecule has 0 saturated carbocycles. The largest absolute Gasteiger partial charge is 0.462 e. The highest BCUT2D eigenvalue weighted by Gasteiger charge is 2.25. The van der Waals surface area contributed by atoms with Crippen molar-refractivity contribution < 1.29 is 23.9 Å². The molecule has 0 fully saturated rings. The second kappa shape index (κ2) is 6.23. The number of primary amides is 1. The van der Waals surface area contributed by atoms with Crippen molar-refractivity contribution in [1.29, 1.82) is 0 Å². The van der Waals surface area contributed by atoms with E-state index in [0.29, 0.717) is 16.8 Å². The third-order valence-electron chi connectivity index (χ3n) is 2.81. The number of H-pyrrole nitrogens is 1. The van der Waals surface area contributed by atoms with E-state index in [1.165, 1.54) is 6.92 Å². The SMILES string of the molecule is CCOC(=O)c1c(C)[nH]c(C(=O)O[C@H](C)C(N)=O)c1C. The number of hydrogen-bond acceptors (Lipinski definition) is 5. The summed E-state index contributed by atoms with van der Waals surface area (Å²) in [6.07, 6.45) is -1.04. The number of hydrogen-bond donors (Lipinski definition) is 2. The first kappa shape index (κ1) is 15.7. The minimum atomic E-state index is -1.04. The summed E-state index contributed by atoms with van der Waals surface area (Å²) in [7, 11) is 0. The van der Waals surface area contributed by atoms with Crippen LogP contribution in [0.4, 0.5) is 0 Å². The number of aryl methyl sites for hydroxylation is 1. The van der Waals surface area contributed by atoms with Crippen molar-refractivity contribution in [1.82, 2.24) is 4.98 Å². The Morgan fingerprint density at radius 1 is 1.25 bits per heavy atom. The molecule has 1 aromatic rings. The third-order valence-corrected chi connectivity index (χ3v) is 2.81. The lowest BCUT2D eigenvalue weighted by Crippen LogP contribution is -2.30. The van der Waals surface area contributed by atoms with E-state index in [2.05, 4.69) is 4.98 Å². The zero-order chi connectivity index (χ0) is 15.4. The number of aromatic nitrogens is 1. The molecular weight excluding hydrogens is 264 g/mol. The van der Waals surface area contributed by atoms with Gasteiger partial charge in [-0.05, 0) is 33.3 Å². The van der Waals surface area contributed by atoms with Gasteiger partial charge in [-0.25, -0.2) is 9.59 Å². The molecule has 1 heterocycles. The third kappa shape index (κ3) is 3.17. The highest BCUT2D eigenvalue weighted by molar-refractivity contribution is 5.99. The van der Waals surface area contributed by atoms with E-state index in [-0.39, 0.29) is 12.3 Å². The van der Waals surface area contributed by atoms with E-state index in [1.54, 1.807) is 20.8 Å². The molecule has 0 spiro atoms. The Morgan fingerprint density at radius 2 is 1.85 bits per heavy atom. The van der Waals surface area contributed by atoms with Crippen molar-refractivity contribution in [2.45, 2.75) is 33.8 Å². The minimum Gasteiger partial charge on any atom is -0.462 e. The molecule has 20 heavy (non-hydrogen) atoms. The standard InChI is InChI=1S/C13H18N2O5/c1-5-19-12(17)9-6(2)10(15-7(9)3)13(18)20-8(4)11(14)16/h8,15H,5H2,1-4H3,(H2,14,16)/t8-/m1/s1. The van der Waals surface area contributed by atoms with Crippen molar-refractivity contribution in [2.75, 3.05) is 6.61 Å². The van der Waals surface area contributed by atoms with Gasteiger partial charge in [0.05, 0.1) is 12.2 Å². The molecular formula is C13H18N2O5. The van der Waals surface area contributed by atoms with E-state index >= 15 is 0 Å². The second-order valence-corrected chi connectivity index (χ2v) is 4.30. The molecule has 1 atom stereocenters. The van der Waals surface area contributed by atoms with Crippen molar-refractivity contribution >= 4 is 17.8 Å². The molecule has 0 unspecified atom stereocenters. The molecule has 3 N–H and O–H groups in total. The van der Waals surface area contributed by atoms with Crippen LogP contribution in [0.2, 0.25) is 0 Å². The van der Waals surface area contributed by atoms with Crippen LogP contribution in [0.1, 0.15) is 46.0 Å². The molecule has 0 aliphatic carbocycles. The predicted octanol–water partition coefficient (Wildman–Crippen LogP) is 0.839. The lowest BCUT2D eigenvalue weighted by atomic mass is 10.1. The van der Waals surface area contributed by atoms with Gasteiger partial charge in [0.25, 0.3) is 5.91 Å². The molecule has 0 radical (unpaired) electrons. The van der Waals surface area contributed by atoms with Gasteiger partial charge in [-0.15, -0.1) is 0 Å². The summed E-state index contributed by atoms with van der Waals surface area (Å²) in [5, 5.41) is 0. The fourth-order valence-corrected chi connectivity index (χ4v) is 1.74. The van der Waals surface area contributed by atoms with Crippen molar-refractivity contribution in [2.24, 2.45) is 5.73 Å². The summed E-state index contributed by atoms with van der Waals surface area (Å²) in [6, 6.07) is 0. The lowest BCUT2D eigenvalue weighted by molar-refractivity contribution is -0.125. The van der Waals surface area contributed by atoms with Crippen LogP contribution >= 0.6 is 0 Å². The molecule has 1 rings (SSSR count). The van der Waals surface area contributed by atoms with Crippen LogP contribution in [0, 0.1) is 13.8 Å². The fourth-order valence-electron chi connectivity index (χ4n) is 1.74. The molecule has 0 aliphatic heterocycles. The Bertz CT molecular complexity index is 547. The number of carbonyl (C=O) groups is 3. The van der Waals surface area contributed by atoms with Gasteiger partial charge in [-0.3, -0.25) is 4.79 Å². The summed E-state index contributed by atoms with van der Waals surface area (Å²) >= 11 is 0. The number of ether oxygens (including phenoxy) is 2. The molecule has 0 saturated heterocycles. The molecule has 0 aromatic carbocycles. The number of aromatic amines is 1. The monoisotopic (exact) mass is 282 g/mol. The second-order valence-electron chi connectivity index (χ2n) is 4.30. The quantitative estimate of drug-likeness (QED) is 0.777. The Labute approximate surface area is 116 Å². The topological polar surface area (TPSA) is 111 Å². The molecule has 7 heteroatoms. The molecule has 1 amide bonds. The van der Waals surface area contributed by atoms with Crippen LogP contribution in [0.5, 0.6) is 0 Å². The van der Waals surface area contributed by atoms with Crippen molar-refractivity contribution in [3.05, 3.63) is 22.5 Å². The van der Waals surface area contributed by atoms with Gasteiger partial charge in [-0.2, -0.15) is 0 Å². The van der Waals surface area contributed by atoms with Gasteiger partial charge in [0.15, 0.2) is 6.10 Å². The minimum absolute atomic E-state index is 0.110.